The summed E-state index contributed by atoms with van der Waals surface area (Å²) in [6.45, 7) is 0. The zero-order valence-electron chi connectivity index (χ0n) is 10.4. The summed E-state index contributed by atoms with van der Waals surface area (Å²) < 4.78 is 0. The number of carbonyl (C=O) groups excluding carboxylic acids is 2. The minimum absolute atomic E-state index is 0.125. The third kappa shape index (κ3) is 1.98. The Kier molecular flexibility index (Phi) is 3.10. The first kappa shape index (κ1) is 13.0. The van der Waals surface area contributed by atoms with E-state index >= 15 is 0 Å². The lowest BCUT2D eigenvalue weighted by atomic mass is 9.74. The maximum Gasteiger partial charge on any atom is 0.260 e. The van der Waals surface area contributed by atoms with Gasteiger partial charge in [0.25, 0.3) is 11.8 Å². The van der Waals surface area contributed by atoms with E-state index in [0.717, 1.165) is 25.7 Å². The smallest absolute Gasteiger partial charge is 0.260 e. The fraction of sp³-hybridized carbons (Fsp3) is 0.500. The second kappa shape index (κ2) is 4.53. The molecule has 0 aromatic heterocycles. The molecule has 0 aromatic rings. The molecule has 2 aliphatic carbocycles. The van der Waals surface area contributed by atoms with Gasteiger partial charge in [-0.3, -0.25) is 14.9 Å². The fourth-order valence-electron chi connectivity index (χ4n) is 3.17. The molecule has 0 spiro atoms. The monoisotopic (exact) mass is 295 g/mol. The van der Waals surface area contributed by atoms with Crippen LogP contribution < -0.4 is 5.32 Å². The van der Waals surface area contributed by atoms with E-state index in [1.807, 2.05) is 6.08 Å². The van der Waals surface area contributed by atoms with Gasteiger partial charge in [-0.2, -0.15) is 0 Å². The molecule has 100 valence electrons. The number of alkyl halides is 1. The van der Waals surface area contributed by atoms with Gasteiger partial charge in [0.2, 0.25) is 0 Å². The maximum absolute atomic E-state index is 11.8. The lowest BCUT2D eigenvalue weighted by molar-refractivity contribution is -0.123. The van der Waals surface area contributed by atoms with Crippen LogP contribution in [0, 0.1) is 5.92 Å². The quantitative estimate of drug-likeness (QED) is 0.459. The van der Waals surface area contributed by atoms with Crippen LogP contribution in [-0.4, -0.2) is 21.6 Å². The van der Waals surface area contributed by atoms with Crippen molar-refractivity contribution < 1.29 is 9.59 Å². The molecule has 0 aromatic carbocycles. The highest BCUT2D eigenvalue weighted by atomic mass is 35.5. The van der Waals surface area contributed by atoms with E-state index < -0.39 is 4.87 Å². The van der Waals surface area contributed by atoms with E-state index in [1.165, 1.54) is 6.42 Å². The van der Waals surface area contributed by atoms with Crippen LogP contribution >= 0.6 is 23.8 Å². The number of halogens is 1. The minimum Gasteiger partial charge on any atom is -0.288 e. The van der Waals surface area contributed by atoms with Crippen molar-refractivity contribution in [2.45, 2.75) is 37.0 Å². The summed E-state index contributed by atoms with van der Waals surface area (Å²) in [5.74, 6) is -0.861. The molecular formula is C14H14ClNO2S. The predicted molar refractivity (Wildman–Crippen MR) is 77.1 cm³/mol. The maximum atomic E-state index is 11.8. The second-order valence-electron chi connectivity index (χ2n) is 5.37. The molecule has 0 radical (unpaired) electrons. The molecule has 1 unspecified atom stereocenters. The Morgan fingerprint density at radius 2 is 1.89 bits per heavy atom. The van der Waals surface area contributed by atoms with E-state index in [1.54, 1.807) is 6.08 Å². The van der Waals surface area contributed by atoms with Gasteiger partial charge in [0.15, 0.2) is 0 Å². The van der Waals surface area contributed by atoms with Gasteiger partial charge < -0.3 is 0 Å². The largest absolute Gasteiger partial charge is 0.288 e. The van der Waals surface area contributed by atoms with Crippen LogP contribution in [0.1, 0.15) is 32.1 Å². The van der Waals surface area contributed by atoms with E-state index in [0.29, 0.717) is 16.0 Å². The topological polar surface area (TPSA) is 46.2 Å². The fourth-order valence-corrected chi connectivity index (χ4v) is 4.19. The van der Waals surface area contributed by atoms with Gasteiger partial charge >= 0.3 is 0 Å². The molecule has 3 rings (SSSR count). The average Bonchev–Trinajstić information content (AvgIpc) is 2.66. The van der Waals surface area contributed by atoms with Crippen molar-refractivity contribution in [3.8, 4) is 0 Å². The summed E-state index contributed by atoms with van der Waals surface area (Å²) in [7, 11) is 0. The zero-order chi connectivity index (χ0) is 13.6. The van der Waals surface area contributed by atoms with Crippen molar-refractivity contribution in [2.75, 3.05) is 0 Å². The van der Waals surface area contributed by atoms with Crippen LogP contribution in [0.5, 0.6) is 0 Å². The molecule has 0 bridgehead atoms. The van der Waals surface area contributed by atoms with E-state index in [4.69, 9.17) is 23.8 Å². The van der Waals surface area contributed by atoms with Crippen LogP contribution in [0.3, 0.4) is 0 Å². The summed E-state index contributed by atoms with van der Waals surface area (Å²) in [6, 6.07) is 0. The van der Waals surface area contributed by atoms with Crippen molar-refractivity contribution in [2.24, 2.45) is 5.92 Å². The summed E-state index contributed by atoms with van der Waals surface area (Å²) in [5, 5.41) is 2.29. The number of nitrogens with one attached hydrogen (secondary N) is 1. The Morgan fingerprint density at radius 3 is 2.58 bits per heavy atom. The highest BCUT2D eigenvalue weighted by Gasteiger charge is 2.45. The molecule has 3 nitrogen and oxygen atoms in total. The van der Waals surface area contributed by atoms with Crippen molar-refractivity contribution >= 4 is 40.5 Å². The SMILES string of the molecule is O=C1NC(=O)C2=C1C=CC(C1(Cl)CCCCC1)C2=S. The van der Waals surface area contributed by atoms with Crippen LogP contribution in [0.2, 0.25) is 0 Å². The highest BCUT2D eigenvalue weighted by molar-refractivity contribution is 7.81. The molecule has 1 saturated carbocycles. The van der Waals surface area contributed by atoms with Gasteiger partial charge in [0.1, 0.15) is 0 Å². The van der Waals surface area contributed by atoms with Gasteiger partial charge in [-0.1, -0.05) is 43.6 Å². The number of allylic oxidation sites excluding steroid dienone is 1. The van der Waals surface area contributed by atoms with Gasteiger partial charge in [-0.05, 0) is 12.8 Å². The molecule has 1 aliphatic heterocycles. The first-order valence-electron chi connectivity index (χ1n) is 6.54. The Labute approximate surface area is 122 Å². The van der Waals surface area contributed by atoms with E-state index in [9.17, 15) is 9.59 Å². The summed E-state index contributed by atoms with van der Waals surface area (Å²) in [5.41, 5.74) is 0.750. The number of thiocarbonyl (C=S) groups is 1. The number of hydrogen-bond acceptors (Lipinski definition) is 3. The highest BCUT2D eigenvalue weighted by Crippen LogP contribution is 2.44. The Morgan fingerprint density at radius 1 is 1.21 bits per heavy atom. The molecule has 0 saturated heterocycles. The van der Waals surface area contributed by atoms with Crippen molar-refractivity contribution in [3.05, 3.63) is 23.3 Å². The van der Waals surface area contributed by atoms with Crippen molar-refractivity contribution in [1.29, 1.82) is 0 Å². The first-order chi connectivity index (χ1) is 9.03. The Balaban J connectivity index is 1.95. The van der Waals surface area contributed by atoms with Crippen LogP contribution in [0.15, 0.2) is 23.3 Å². The van der Waals surface area contributed by atoms with Crippen LogP contribution in [0.25, 0.3) is 0 Å². The minimum atomic E-state index is -0.393. The molecule has 1 atom stereocenters. The Hall–Kier alpha value is -1.000. The molecule has 3 aliphatic rings. The number of rotatable bonds is 1. The number of carbonyl (C=O) groups is 2. The van der Waals surface area contributed by atoms with Crippen molar-refractivity contribution in [3.63, 3.8) is 0 Å². The summed E-state index contributed by atoms with van der Waals surface area (Å²) in [4.78, 5) is 23.5. The predicted octanol–water partition coefficient (Wildman–Crippen LogP) is 2.44. The molecule has 1 fully saturated rings. The summed E-state index contributed by atoms with van der Waals surface area (Å²) >= 11 is 12.2. The molecule has 1 N–H and O–H groups in total. The van der Waals surface area contributed by atoms with Gasteiger partial charge in [-0.25, -0.2) is 0 Å². The van der Waals surface area contributed by atoms with Crippen LogP contribution in [-0.2, 0) is 9.59 Å². The van der Waals surface area contributed by atoms with Gasteiger partial charge in [0.05, 0.1) is 16.0 Å². The van der Waals surface area contributed by atoms with E-state index in [-0.39, 0.29) is 17.7 Å². The van der Waals surface area contributed by atoms with Gasteiger partial charge in [0, 0.05) is 10.8 Å². The second-order valence-corrected chi connectivity index (χ2v) is 6.56. The molecule has 1 heterocycles. The number of hydrogen-bond donors (Lipinski definition) is 1. The Bertz CT molecular complexity index is 544. The number of amides is 2. The van der Waals surface area contributed by atoms with Crippen LogP contribution in [0.4, 0.5) is 0 Å². The van der Waals surface area contributed by atoms with E-state index in [2.05, 4.69) is 5.32 Å². The number of imide groups is 1. The molecule has 5 heteroatoms. The summed E-state index contributed by atoms with van der Waals surface area (Å²) in [6.07, 6.45) is 8.79. The average molecular weight is 296 g/mol. The lowest BCUT2D eigenvalue weighted by Crippen LogP contribution is -2.40. The first-order valence-corrected chi connectivity index (χ1v) is 7.33. The zero-order valence-corrected chi connectivity index (χ0v) is 11.9. The third-order valence-electron chi connectivity index (χ3n) is 4.19. The van der Waals surface area contributed by atoms with Crippen molar-refractivity contribution in [1.82, 2.24) is 5.32 Å². The van der Waals surface area contributed by atoms with Gasteiger partial charge in [-0.15, -0.1) is 11.6 Å². The third-order valence-corrected chi connectivity index (χ3v) is 5.27. The molecule has 19 heavy (non-hydrogen) atoms. The molecule has 2 amide bonds. The lowest BCUT2D eigenvalue weighted by Gasteiger charge is -2.38. The normalized spacial score (nSPS) is 29.5. The standard InChI is InChI=1S/C14H14ClNO2S/c15-14(6-2-1-3-7-14)9-5-4-8-10(11(9)19)13(18)16-12(8)17/h4-5,9H,1-3,6-7H2,(H,16,17,18). The molecular weight excluding hydrogens is 282 g/mol.